The average Bonchev–Trinajstić information content (AvgIpc) is 2.42. The number of rotatable bonds is 13. The minimum absolute atomic E-state index is 0.0339. The molecular formula is C18H35NO2. The van der Waals surface area contributed by atoms with Gasteiger partial charge in [-0.25, -0.2) is 0 Å². The zero-order valence-corrected chi connectivity index (χ0v) is 14.6. The van der Waals surface area contributed by atoms with Crippen LogP contribution in [0, 0.1) is 0 Å². The van der Waals surface area contributed by atoms with Gasteiger partial charge in [0.2, 0.25) is 0 Å². The van der Waals surface area contributed by atoms with Crippen molar-refractivity contribution >= 4 is 5.97 Å². The summed E-state index contributed by atoms with van der Waals surface area (Å²) in [6.45, 7) is 5.24. The number of ether oxygens (including phenoxy) is 1. The first-order chi connectivity index (χ1) is 10.1. The van der Waals surface area contributed by atoms with E-state index in [1.807, 2.05) is 6.92 Å². The van der Waals surface area contributed by atoms with E-state index >= 15 is 0 Å². The number of carbonyl (C=O) groups is 1. The smallest absolute Gasteiger partial charge is 0.306 e. The minimum atomic E-state index is -0.0480. The van der Waals surface area contributed by atoms with Gasteiger partial charge in [0.15, 0.2) is 0 Å². The Morgan fingerprint density at radius 3 is 2.48 bits per heavy atom. The monoisotopic (exact) mass is 297 g/mol. The number of nitrogens with zero attached hydrogens (tertiary/aromatic N) is 1. The minimum Gasteiger partial charge on any atom is -0.463 e. The van der Waals surface area contributed by atoms with Gasteiger partial charge in [-0.05, 0) is 66.1 Å². The molecule has 0 saturated heterocycles. The van der Waals surface area contributed by atoms with Gasteiger partial charge in [-0.2, -0.15) is 0 Å². The van der Waals surface area contributed by atoms with Gasteiger partial charge < -0.3 is 9.64 Å². The molecule has 21 heavy (non-hydrogen) atoms. The SMILES string of the molecule is CCCCC/C=C\CCC(C)OC(=O)CCCCN(C)C. The molecule has 124 valence electrons. The molecule has 0 saturated carbocycles. The van der Waals surface area contributed by atoms with Crippen molar-refractivity contribution in [2.24, 2.45) is 0 Å². The summed E-state index contributed by atoms with van der Waals surface area (Å²) < 4.78 is 5.42. The molecule has 0 heterocycles. The van der Waals surface area contributed by atoms with E-state index in [2.05, 4.69) is 38.1 Å². The Bertz CT molecular complexity index is 274. The number of unbranched alkanes of at least 4 members (excludes halogenated alkanes) is 4. The Kier molecular flexibility index (Phi) is 13.6. The van der Waals surface area contributed by atoms with Gasteiger partial charge in [0, 0.05) is 6.42 Å². The first kappa shape index (κ1) is 20.2. The lowest BCUT2D eigenvalue weighted by Crippen LogP contribution is -2.16. The number of esters is 1. The number of hydrogen-bond acceptors (Lipinski definition) is 3. The van der Waals surface area contributed by atoms with Crippen LogP contribution in [-0.4, -0.2) is 37.6 Å². The summed E-state index contributed by atoms with van der Waals surface area (Å²) in [4.78, 5) is 13.8. The Balaban J connectivity index is 3.51. The van der Waals surface area contributed by atoms with Crippen LogP contribution >= 0.6 is 0 Å². The lowest BCUT2D eigenvalue weighted by Gasteiger charge is -2.13. The van der Waals surface area contributed by atoms with Crippen molar-refractivity contribution in [2.45, 2.75) is 77.7 Å². The van der Waals surface area contributed by atoms with E-state index in [4.69, 9.17) is 4.74 Å². The van der Waals surface area contributed by atoms with Crippen molar-refractivity contribution in [3.8, 4) is 0 Å². The van der Waals surface area contributed by atoms with E-state index in [1.165, 1.54) is 25.7 Å². The number of carbonyl (C=O) groups excluding carboxylic acids is 1. The molecule has 0 spiro atoms. The van der Waals surface area contributed by atoms with Crippen molar-refractivity contribution in [3.05, 3.63) is 12.2 Å². The van der Waals surface area contributed by atoms with Gasteiger partial charge in [-0.15, -0.1) is 0 Å². The van der Waals surface area contributed by atoms with Crippen molar-refractivity contribution < 1.29 is 9.53 Å². The first-order valence-electron chi connectivity index (χ1n) is 8.55. The van der Waals surface area contributed by atoms with Crippen LogP contribution in [-0.2, 0) is 9.53 Å². The van der Waals surface area contributed by atoms with Crippen LogP contribution in [0.4, 0.5) is 0 Å². The molecule has 1 unspecified atom stereocenters. The number of allylic oxidation sites excluding steroid dienone is 2. The van der Waals surface area contributed by atoms with Gasteiger partial charge in [0.25, 0.3) is 0 Å². The van der Waals surface area contributed by atoms with E-state index < -0.39 is 0 Å². The van der Waals surface area contributed by atoms with Gasteiger partial charge >= 0.3 is 5.97 Å². The average molecular weight is 297 g/mol. The van der Waals surface area contributed by atoms with Crippen LogP contribution in [0.1, 0.15) is 71.6 Å². The van der Waals surface area contributed by atoms with Crippen molar-refractivity contribution in [3.63, 3.8) is 0 Å². The molecule has 0 fully saturated rings. The highest BCUT2D eigenvalue weighted by atomic mass is 16.5. The summed E-state index contributed by atoms with van der Waals surface area (Å²) in [6, 6.07) is 0. The molecular weight excluding hydrogens is 262 g/mol. The fraction of sp³-hybridized carbons (Fsp3) is 0.833. The van der Waals surface area contributed by atoms with Gasteiger partial charge in [0.1, 0.15) is 0 Å². The van der Waals surface area contributed by atoms with Crippen molar-refractivity contribution in [1.29, 1.82) is 0 Å². The normalized spacial score (nSPS) is 13.0. The molecule has 0 aliphatic carbocycles. The summed E-state index contributed by atoms with van der Waals surface area (Å²) >= 11 is 0. The molecule has 0 rings (SSSR count). The molecule has 0 aromatic carbocycles. The predicted molar refractivity (Wildman–Crippen MR) is 90.5 cm³/mol. The summed E-state index contributed by atoms with van der Waals surface area (Å²) in [5, 5.41) is 0. The fourth-order valence-electron chi connectivity index (χ4n) is 2.12. The molecule has 0 aliphatic rings. The van der Waals surface area contributed by atoms with Gasteiger partial charge in [0.05, 0.1) is 6.10 Å². The highest BCUT2D eigenvalue weighted by Crippen LogP contribution is 2.07. The standard InChI is InChI=1S/C18H35NO2/c1-5-6-7-8-9-10-11-14-17(2)21-18(20)15-12-13-16-19(3)4/h9-10,17H,5-8,11-16H2,1-4H3/b10-9-. The maximum absolute atomic E-state index is 11.7. The third-order valence-electron chi connectivity index (χ3n) is 3.45. The molecule has 0 amide bonds. The van der Waals surface area contributed by atoms with Crippen molar-refractivity contribution in [1.82, 2.24) is 4.90 Å². The summed E-state index contributed by atoms with van der Waals surface area (Å²) in [5.41, 5.74) is 0. The second-order valence-electron chi connectivity index (χ2n) is 6.11. The highest BCUT2D eigenvalue weighted by molar-refractivity contribution is 5.69. The van der Waals surface area contributed by atoms with Crippen molar-refractivity contribution in [2.75, 3.05) is 20.6 Å². The molecule has 0 aliphatic heterocycles. The molecule has 0 aromatic heterocycles. The first-order valence-corrected chi connectivity index (χ1v) is 8.55. The Labute approximate surface area is 131 Å². The summed E-state index contributed by atoms with van der Waals surface area (Å²) in [7, 11) is 4.10. The van der Waals surface area contributed by atoms with Crippen LogP contribution in [0.2, 0.25) is 0 Å². The maximum Gasteiger partial charge on any atom is 0.306 e. The Hall–Kier alpha value is -0.830. The third-order valence-corrected chi connectivity index (χ3v) is 3.45. The predicted octanol–water partition coefficient (Wildman–Crippen LogP) is 4.57. The number of hydrogen-bond donors (Lipinski definition) is 0. The van der Waals surface area contributed by atoms with Crippen LogP contribution in [0.5, 0.6) is 0 Å². The van der Waals surface area contributed by atoms with E-state index in [-0.39, 0.29) is 12.1 Å². The van der Waals surface area contributed by atoms with E-state index in [0.29, 0.717) is 6.42 Å². The Morgan fingerprint density at radius 1 is 1.10 bits per heavy atom. The molecule has 0 radical (unpaired) electrons. The van der Waals surface area contributed by atoms with Crippen LogP contribution < -0.4 is 0 Å². The van der Waals surface area contributed by atoms with Gasteiger partial charge in [-0.1, -0.05) is 31.9 Å². The molecule has 1 atom stereocenters. The largest absolute Gasteiger partial charge is 0.463 e. The third kappa shape index (κ3) is 15.4. The summed E-state index contributed by atoms with van der Waals surface area (Å²) in [6.07, 6.45) is 14.0. The quantitative estimate of drug-likeness (QED) is 0.283. The van der Waals surface area contributed by atoms with Crippen LogP contribution in [0.25, 0.3) is 0 Å². The highest BCUT2D eigenvalue weighted by Gasteiger charge is 2.08. The second kappa shape index (κ2) is 14.1. The van der Waals surface area contributed by atoms with Gasteiger partial charge in [-0.3, -0.25) is 4.79 Å². The Morgan fingerprint density at radius 2 is 1.81 bits per heavy atom. The lowest BCUT2D eigenvalue weighted by atomic mass is 10.1. The van der Waals surface area contributed by atoms with E-state index in [1.54, 1.807) is 0 Å². The molecule has 3 nitrogen and oxygen atoms in total. The maximum atomic E-state index is 11.7. The molecule has 0 bridgehead atoms. The second-order valence-corrected chi connectivity index (χ2v) is 6.11. The molecule has 0 aromatic rings. The fourth-order valence-corrected chi connectivity index (χ4v) is 2.12. The van der Waals surface area contributed by atoms with E-state index in [0.717, 1.165) is 32.2 Å². The topological polar surface area (TPSA) is 29.5 Å². The van der Waals surface area contributed by atoms with Crippen LogP contribution in [0.15, 0.2) is 12.2 Å². The molecule has 0 N–H and O–H groups in total. The zero-order valence-electron chi connectivity index (χ0n) is 14.6. The van der Waals surface area contributed by atoms with Crippen LogP contribution in [0.3, 0.4) is 0 Å². The zero-order chi connectivity index (χ0) is 15.9. The molecule has 3 heteroatoms. The summed E-state index contributed by atoms with van der Waals surface area (Å²) in [5.74, 6) is -0.0480. The van der Waals surface area contributed by atoms with E-state index in [9.17, 15) is 4.79 Å². The lowest BCUT2D eigenvalue weighted by molar-refractivity contribution is -0.148.